The van der Waals surface area contributed by atoms with Gasteiger partial charge in [0.25, 0.3) is 0 Å². The number of carbonyl (C=O) groups excluding carboxylic acids is 3. The molecule has 0 aliphatic carbocycles. The molecule has 3 N–H and O–H groups in total. The molecule has 3 amide bonds. The third-order valence-electron chi connectivity index (χ3n) is 11.6. The fraction of sp³-hybridized carbons (Fsp3) is 0.588. The third kappa shape index (κ3) is 23.3. The van der Waals surface area contributed by atoms with Crippen LogP contribution in [-0.2, 0) is 51.0 Å². The number of hydrogen-bond acceptors (Lipinski definition) is 7. The first kappa shape index (κ1) is 60.9. The smallest absolute Gasteiger partial charge is 0.347 e. The van der Waals surface area contributed by atoms with Crippen LogP contribution in [0.15, 0.2) is 72.8 Å². The molecule has 0 heterocycles. The molecule has 0 radical (unpaired) electrons. The van der Waals surface area contributed by atoms with Crippen molar-refractivity contribution in [1.29, 1.82) is 0 Å². The zero-order chi connectivity index (χ0) is 52.5. The lowest BCUT2D eigenvalue weighted by Gasteiger charge is -2.27. The zero-order valence-corrected chi connectivity index (χ0v) is 41.6. The van der Waals surface area contributed by atoms with Gasteiger partial charge in [0.05, 0.1) is 54.6 Å². The average Bonchev–Trinajstić information content (AvgIpc) is 3.32. The lowest BCUT2D eigenvalue weighted by Crippen LogP contribution is -2.33. The molecule has 3 aromatic carbocycles. The molecule has 71 heavy (non-hydrogen) atoms. The van der Waals surface area contributed by atoms with Gasteiger partial charge in [0.2, 0.25) is 17.7 Å². The third-order valence-corrected chi connectivity index (χ3v) is 13.0. The summed E-state index contributed by atoms with van der Waals surface area (Å²) in [5, 5.41) is 7.87. The highest BCUT2D eigenvalue weighted by Gasteiger charge is 2.37. The van der Waals surface area contributed by atoms with Crippen LogP contribution in [0.1, 0.15) is 188 Å². The molecule has 0 aromatic heterocycles. The van der Waals surface area contributed by atoms with Crippen LogP contribution >= 0.6 is 7.82 Å². The normalized spacial score (nSPS) is 14.3. The number of unbranched alkanes of at least 4 members (excludes halogenated alkanes) is 12. The lowest BCUT2D eigenvalue weighted by molar-refractivity contribution is -0.138. The van der Waals surface area contributed by atoms with Crippen molar-refractivity contribution < 1.29 is 72.0 Å². The van der Waals surface area contributed by atoms with E-state index >= 15 is 4.57 Å². The highest BCUT2D eigenvalue weighted by Crippen LogP contribution is 2.52. The molecule has 3 rings (SSSR count). The second-order valence-corrected chi connectivity index (χ2v) is 19.2. The second-order valence-electron chi connectivity index (χ2n) is 17.6. The molecule has 398 valence electrons. The quantitative estimate of drug-likeness (QED) is 0.0314. The maximum atomic E-state index is 15.0. The van der Waals surface area contributed by atoms with Crippen molar-refractivity contribution in [1.82, 2.24) is 16.0 Å². The van der Waals surface area contributed by atoms with Gasteiger partial charge in [0.1, 0.15) is 0 Å². The number of rotatable bonds is 33. The van der Waals surface area contributed by atoms with Crippen molar-refractivity contribution in [3.8, 4) is 0 Å². The topological polar surface area (TPSA) is 132 Å². The molecular formula is C51H69F9N3O7P. The Morgan fingerprint density at radius 3 is 0.930 bits per heavy atom. The minimum atomic E-state index is -5.23. The van der Waals surface area contributed by atoms with Gasteiger partial charge in [-0.25, -0.2) is 4.57 Å². The largest absolute Gasteiger partial charge is 0.475 e. The Morgan fingerprint density at radius 2 is 0.690 bits per heavy atom. The van der Waals surface area contributed by atoms with E-state index in [1.165, 1.54) is 18.2 Å². The predicted molar refractivity (Wildman–Crippen MR) is 253 cm³/mol. The molecule has 0 saturated carbocycles. The van der Waals surface area contributed by atoms with Gasteiger partial charge in [-0.05, 0) is 72.4 Å². The molecule has 0 aliphatic heterocycles. The van der Waals surface area contributed by atoms with E-state index in [9.17, 15) is 53.9 Å². The summed E-state index contributed by atoms with van der Waals surface area (Å²) in [6.45, 7) is 3.35. The SMILES string of the molecule is CCCCCCCC(=O)NC(COP(=O)(OCC(NC(=O)CCCCCCC)c1cccc(C(F)(F)F)c1)OCC(NC(=O)CCCCCCC)c1cccc(C(F)(F)F)c1)c1cccc(C(F)(F)F)c1. The molecule has 20 heteroatoms. The Labute approximate surface area is 411 Å². The maximum absolute atomic E-state index is 15.0. The standard InChI is InChI=1S/C51H69F9N3O7P/c1-4-7-10-13-16-28-46(64)61-43(37-22-19-25-40(31-37)49(52,53)54)34-68-71(67,69-35-44(62-47(65)29-17-14-11-8-5-2)38-23-20-26-41(32-38)50(55,56)57)70-36-45(63-48(66)30-18-15-12-9-6-3)39-24-21-27-42(33-39)51(58,59)60/h19-27,31-33,43-45H,4-18,28-30,34-36H2,1-3H3,(H,61,64)(H,62,65)(H,63,66). The maximum Gasteiger partial charge on any atom is 0.475 e. The first-order chi connectivity index (χ1) is 33.6. The number of alkyl halides is 9. The molecule has 3 unspecified atom stereocenters. The summed E-state index contributed by atoms with van der Waals surface area (Å²) in [6, 6.07) is 7.39. The Morgan fingerprint density at radius 1 is 0.437 bits per heavy atom. The molecule has 0 spiro atoms. The van der Waals surface area contributed by atoms with Gasteiger partial charge in [-0.1, -0.05) is 134 Å². The van der Waals surface area contributed by atoms with E-state index in [0.29, 0.717) is 38.5 Å². The molecular weight excluding hydrogens is 969 g/mol. The van der Waals surface area contributed by atoms with Gasteiger partial charge in [-0.2, -0.15) is 39.5 Å². The van der Waals surface area contributed by atoms with Crippen molar-refractivity contribution in [2.75, 3.05) is 19.8 Å². The summed E-state index contributed by atoms with van der Waals surface area (Å²) in [7, 11) is -5.23. The summed E-state index contributed by atoms with van der Waals surface area (Å²) in [6.07, 6.45) is -3.07. The van der Waals surface area contributed by atoms with Gasteiger partial charge < -0.3 is 16.0 Å². The van der Waals surface area contributed by atoms with Gasteiger partial charge in [0.15, 0.2) is 0 Å². The van der Waals surface area contributed by atoms with Crippen molar-refractivity contribution in [3.63, 3.8) is 0 Å². The Balaban J connectivity index is 2.10. The summed E-state index contributed by atoms with van der Waals surface area (Å²) in [4.78, 5) is 39.9. The molecule has 0 aliphatic rings. The van der Waals surface area contributed by atoms with Crippen LogP contribution in [0.4, 0.5) is 39.5 Å². The number of hydrogen-bond donors (Lipinski definition) is 3. The summed E-state index contributed by atoms with van der Waals surface area (Å²) in [5.74, 6) is -1.77. The van der Waals surface area contributed by atoms with Gasteiger partial charge in [0, 0.05) is 19.3 Å². The fourth-order valence-corrected chi connectivity index (χ4v) is 8.75. The minimum absolute atomic E-state index is 0.0300. The molecule has 3 atom stereocenters. The van der Waals surface area contributed by atoms with Crippen LogP contribution in [0.2, 0.25) is 0 Å². The summed E-state index contributed by atoms with van der Waals surface area (Å²) in [5.41, 5.74) is -3.65. The number of carbonyl (C=O) groups is 3. The second kappa shape index (κ2) is 30.6. The minimum Gasteiger partial charge on any atom is -0.347 e. The van der Waals surface area contributed by atoms with E-state index in [2.05, 4.69) is 16.0 Å². The van der Waals surface area contributed by atoms with E-state index in [4.69, 9.17) is 13.6 Å². The summed E-state index contributed by atoms with van der Waals surface area (Å²) < 4.78 is 158. The van der Waals surface area contributed by atoms with Crippen molar-refractivity contribution in [2.24, 2.45) is 0 Å². The zero-order valence-electron chi connectivity index (χ0n) is 40.7. The highest BCUT2D eigenvalue weighted by molar-refractivity contribution is 7.48. The molecule has 0 bridgehead atoms. The Hall–Kier alpha value is -4.45. The van der Waals surface area contributed by atoms with Gasteiger partial charge in [-0.15, -0.1) is 0 Å². The summed E-state index contributed by atoms with van der Waals surface area (Å²) >= 11 is 0. The molecule has 0 saturated heterocycles. The number of phosphoric ester groups is 1. The number of nitrogens with one attached hydrogen (secondary N) is 3. The number of amides is 3. The van der Waals surface area contributed by atoms with Crippen LogP contribution in [0.3, 0.4) is 0 Å². The van der Waals surface area contributed by atoms with E-state index in [1.807, 2.05) is 20.8 Å². The first-order valence-corrected chi connectivity index (χ1v) is 26.0. The van der Waals surface area contributed by atoms with Gasteiger partial charge in [-0.3, -0.25) is 28.0 Å². The van der Waals surface area contributed by atoms with Crippen molar-refractivity contribution >= 4 is 25.5 Å². The molecule has 10 nitrogen and oxygen atoms in total. The van der Waals surface area contributed by atoms with Crippen LogP contribution in [0.5, 0.6) is 0 Å². The van der Waals surface area contributed by atoms with Crippen LogP contribution in [-0.4, -0.2) is 37.5 Å². The molecule has 0 fully saturated rings. The van der Waals surface area contributed by atoms with Crippen molar-refractivity contribution in [2.45, 2.75) is 173 Å². The number of benzene rings is 3. The van der Waals surface area contributed by atoms with Crippen LogP contribution < -0.4 is 16.0 Å². The first-order valence-electron chi connectivity index (χ1n) is 24.5. The van der Waals surface area contributed by atoms with E-state index in [1.54, 1.807) is 0 Å². The van der Waals surface area contributed by atoms with Crippen molar-refractivity contribution in [3.05, 3.63) is 106 Å². The van der Waals surface area contributed by atoms with E-state index in [0.717, 1.165) is 112 Å². The van der Waals surface area contributed by atoms with Gasteiger partial charge >= 0.3 is 26.4 Å². The number of halogens is 9. The monoisotopic (exact) mass is 1040 g/mol. The molecule has 3 aromatic rings. The Bertz CT molecular complexity index is 1890. The Kier molecular flexibility index (Phi) is 26.2. The average molecular weight is 1040 g/mol. The highest BCUT2D eigenvalue weighted by atomic mass is 31.2. The van der Waals surface area contributed by atoms with E-state index in [-0.39, 0.29) is 36.0 Å². The van der Waals surface area contributed by atoms with Crippen LogP contribution in [0.25, 0.3) is 0 Å². The predicted octanol–water partition coefficient (Wildman–Crippen LogP) is 14.9. The van der Waals surface area contributed by atoms with Crippen LogP contribution in [0, 0.1) is 0 Å². The number of phosphoric acid groups is 1. The lowest BCUT2D eigenvalue weighted by atomic mass is 10.0. The van der Waals surface area contributed by atoms with E-state index < -0.39 is 98.7 Å². The fourth-order valence-electron chi connectivity index (χ4n) is 7.54.